The number of aromatic nitrogens is 1. The molecule has 0 atom stereocenters. The zero-order valence-electron chi connectivity index (χ0n) is 13.0. The van der Waals surface area contributed by atoms with Crippen molar-refractivity contribution in [2.45, 2.75) is 27.3 Å². The Balaban J connectivity index is 2.16. The average molecular weight is 310 g/mol. The highest BCUT2D eigenvalue weighted by atomic mass is 32.1. The molecule has 2 aromatic carbocycles. The van der Waals surface area contributed by atoms with E-state index < -0.39 is 0 Å². The number of amides is 1. The maximum absolute atomic E-state index is 12.6. The Morgan fingerprint density at radius 1 is 1.18 bits per heavy atom. The van der Waals surface area contributed by atoms with Crippen molar-refractivity contribution < 1.29 is 4.79 Å². The molecule has 1 amide bonds. The minimum atomic E-state index is -0.171. The molecule has 0 N–H and O–H groups in total. The number of para-hydroxylation sites is 1. The molecule has 0 spiro atoms. The quantitative estimate of drug-likeness (QED) is 0.702. The molecule has 1 aromatic heterocycles. The summed E-state index contributed by atoms with van der Waals surface area (Å²) in [5, 5.41) is 0. The predicted molar refractivity (Wildman–Crippen MR) is 91.3 cm³/mol. The standard InChI is InChI=1S/C18H18N2OS/c1-4-20-15-7-5-6-8-16(15)22-18(20)19-17(21)14-11-12(2)9-10-13(14)3/h5-11H,4H2,1-3H3. The van der Waals surface area contributed by atoms with Crippen LogP contribution in [-0.2, 0) is 6.54 Å². The topological polar surface area (TPSA) is 34.4 Å². The van der Waals surface area contributed by atoms with E-state index in [1.54, 1.807) is 11.3 Å². The smallest absolute Gasteiger partial charge is 0.279 e. The summed E-state index contributed by atoms with van der Waals surface area (Å²) in [4.78, 5) is 17.7. The number of hydrogen-bond donors (Lipinski definition) is 0. The molecule has 22 heavy (non-hydrogen) atoms. The van der Waals surface area contributed by atoms with E-state index in [0.29, 0.717) is 5.56 Å². The number of carbonyl (C=O) groups is 1. The maximum Gasteiger partial charge on any atom is 0.279 e. The molecule has 0 radical (unpaired) electrons. The number of rotatable bonds is 2. The molecule has 0 saturated carbocycles. The minimum absolute atomic E-state index is 0.171. The van der Waals surface area contributed by atoms with Crippen molar-refractivity contribution in [2.24, 2.45) is 4.99 Å². The third kappa shape index (κ3) is 2.62. The second-order valence-corrected chi connectivity index (χ2v) is 6.34. The van der Waals surface area contributed by atoms with E-state index in [-0.39, 0.29) is 5.91 Å². The lowest BCUT2D eigenvalue weighted by Crippen LogP contribution is -2.16. The van der Waals surface area contributed by atoms with Gasteiger partial charge in [-0.05, 0) is 44.5 Å². The first-order valence-electron chi connectivity index (χ1n) is 7.35. The van der Waals surface area contributed by atoms with Crippen LogP contribution in [0.2, 0.25) is 0 Å². The lowest BCUT2D eigenvalue weighted by Gasteiger charge is -2.03. The van der Waals surface area contributed by atoms with E-state index >= 15 is 0 Å². The highest BCUT2D eigenvalue weighted by Gasteiger charge is 2.10. The lowest BCUT2D eigenvalue weighted by atomic mass is 10.1. The van der Waals surface area contributed by atoms with Gasteiger partial charge in [0.2, 0.25) is 0 Å². The molecular formula is C18H18N2OS. The van der Waals surface area contributed by atoms with Gasteiger partial charge in [-0.3, -0.25) is 4.79 Å². The van der Waals surface area contributed by atoms with Crippen molar-refractivity contribution in [3.63, 3.8) is 0 Å². The summed E-state index contributed by atoms with van der Waals surface area (Å²) in [5.41, 5.74) is 3.84. The van der Waals surface area contributed by atoms with Crippen LogP contribution in [0.5, 0.6) is 0 Å². The van der Waals surface area contributed by atoms with Crippen molar-refractivity contribution in [3.8, 4) is 0 Å². The number of hydrogen-bond acceptors (Lipinski definition) is 2. The molecule has 4 heteroatoms. The Hall–Kier alpha value is -2.20. The minimum Gasteiger partial charge on any atom is -0.317 e. The summed E-state index contributed by atoms with van der Waals surface area (Å²) in [5.74, 6) is -0.171. The van der Waals surface area contributed by atoms with Crippen LogP contribution in [0.15, 0.2) is 47.5 Å². The van der Waals surface area contributed by atoms with Gasteiger partial charge in [-0.1, -0.05) is 41.2 Å². The molecule has 0 aliphatic carbocycles. The first-order chi connectivity index (χ1) is 10.6. The van der Waals surface area contributed by atoms with Gasteiger partial charge in [-0.2, -0.15) is 4.99 Å². The molecule has 0 unspecified atom stereocenters. The number of thiazole rings is 1. The van der Waals surface area contributed by atoms with Gasteiger partial charge in [0.05, 0.1) is 10.2 Å². The summed E-state index contributed by atoms with van der Waals surface area (Å²) in [6.07, 6.45) is 0. The monoisotopic (exact) mass is 310 g/mol. The van der Waals surface area contributed by atoms with Gasteiger partial charge in [0.1, 0.15) is 0 Å². The largest absolute Gasteiger partial charge is 0.317 e. The SMILES string of the molecule is CCn1c(=NC(=O)c2cc(C)ccc2C)sc2ccccc21. The second kappa shape index (κ2) is 5.89. The summed E-state index contributed by atoms with van der Waals surface area (Å²) < 4.78 is 3.24. The van der Waals surface area contributed by atoms with Crippen LogP contribution in [0.1, 0.15) is 28.4 Å². The van der Waals surface area contributed by atoms with Crippen LogP contribution in [0.3, 0.4) is 0 Å². The normalized spacial score (nSPS) is 12.0. The molecule has 0 aliphatic rings. The van der Waals surface area contributed by atoms with Crippen molar-refractivity contribution in [1.82, 2.24) is 4.57 Å². The number of aryl methyl sites for hydroxylation is 3. The van der Waals surface area contributed by atoms with Gasteiger partial charge in [-0.25, -0.2) is 0 Å². The summed E-state index contributed by atoms with van der Waals surface area (Å²) in [6.45, 7) is 6.80. The van der Waals surface area contributed by atoms with Crippen LogP contribution in [0.4, 0.5) is 0 Å². The molecule has 0 saturated heterocycles. The Labute approximate surface area is 133 Å². The Morgan fingerprint density at radius 3 is 2.73 bits per heavy atom. The predicted octanol–water partition coefficient (Wildman–Crippen LogP) is 4.08. The van der Waals surface area contributed by atoms with Gasteiger partial charge >= 0.3 is 0 Å². The van der Waals surface area contributed by atoms with Gasteiger partial charge < -0.3 is 4.57 Å². The van der Waals surface area contributed by atoms with Gasteiger partial charge in [0.15, 0.2) is 4.80 Å². The number of benzene rings is 2. The van der Waals surface area contributed by atoms with Crippen molar-refractivity contribution in [3.05, 3.63) is 64.0 Å². The van der Waals surface area contributed by atoms with Gasteiger partial charge in [0, 0.05) is 12.1 Å². The highest BCUT2D eigenvalue weighted by Crippen LogP contribution is 2.17. The Kier molecular flexibility index (Phi) is 3.94. The fourth-order valence-corrected chi connectivity index (χ4v) is 3.62. The third-order valence-electron chi connectivity index (χ3n) is 3.73. The van der Waals surface area contributed by atoms with Crippen LogP contribution in [0, 0.1) is 13.8 Å². The molecule has 112 valence electrons. The number of nitrogens with zero attached hydrogens (tertiary/aromatic N) is 2. The molecule has 0 bridgehead atoms. The molecule has 0 aliphatic heterocycles. The van der Waals surface area contributed by atoms with Crippen LogP contribution in [0.25, 0.3) is 10.2 Å². The van der Waals surface area contributed by atoms with E-state index in [1.807, 2.05) is 44.2 Å². The van der Waals surface area contributed by atoms with Crippen molar-refractivity contribution >= 4 is 27.5 Å². The van der Waals surface area contributed by atoms with E-state index in [9.17, 15) is 4.79 Å². The maximum atomic E-state index is 12.6. The second-order valence-electron chi connectivity index (χ2n) is 5.33. The lowest BCUT2D eigenvalue weighted by molar-refractivity contribution is 0.0997. The van der Waals surface area contributed by atoms with Crippen LogP contribution in [-0.4, -0.2) is 10.5 Å². The van der Waals surface area contributed by atoms with Gasteiger partial charge in [0.25, 0.3) is 5.91 Å². The Bertz CT molecular complexity index is 918. The summed E-state index contributed by atoms with van der Waals surface area (Å²) in [6, 6.07) is 14.0. The molecule has 1 heterocycles. The van der Waals surface area contributed by atoms with E-state index in [1.165, 1.54) is 0 Å². The van der Waals surface area contributed by atoms with E-state index in [2.05, 4.69) is 28.6 Å². The molecule has 3 aromatic rings. The molecule has 0 fully saturated rings. The zero-order chi connectivity index (χ0) is 15.7. The van der Waals surface area contributed by atoms with Crippen LogP contribution >= 0.6 is 11.3 Å². The highest BCUT2D eigenvalue weighted by molar-refractivity contribution is 7.16. The summed E-state index contributed by atoms with van der Waals surface area (Å²) in [7, 11) is 0. The third-order valence-corrected chi connectivity index (χ3v) is 4.78. The van der Waals surface area contributed by atoms with Gasteiger partial charge in [-0.15, -0.1) is 0 Å². The first kappa shape index (κ1) is 14.7. The molecular weight excluding hydrogens is 292 g/mol. The average Bonchev–Trinajstić information content (AvgIpc) is 2.86. The fourth-order valence-electron chi connectivity index (χ4n) is 2.53. The van der Waals surface area contributed by atoms with Crippen molar-refractivity contribution in [2.75, 3.05) is 0 Å². The Morgan fingerprint density at radius 2 is 1.95 bits per heavy atom. The zero-order valence-corrected chi connectivity index (χ0v) is 13.8. The van der Waals surface area contributed by atoms with E-state index in [0.717, 1.165) is 32.7 Å². The molecule has 3 rings (SSSR count). The summed E-state index contributed by atoms with van der Waals surface area (Å²) >= 11 is 1.56. The molecule has 3 nitrogen and oxygen atoms in total. The van der Waals surface area contributed by atoms with E-state index in [4.69, 9.17) is 0 Å². The fraction of sp³-hybridized carbons (Fsp3) is 0.222. The number of carbonyl (C=O) groups excluding carboxylic acids is 1. The first-order valence-corrected chi connectivity index (χ1v) is 8.16. The van der Waals surface area contributed by atoms with Crippen molar-refractivity contribution in [1.29, 1.82) is 0 Å². The number of fused-ring (bicyclic) bond motifs is 1. The van der Waals surface area contributed by atoms with Crippen LogP contribution < -0.4 is 4.80 Å².